The van der Waals surface area contributed by atoms with Gasteiger partial charge in [0.15, 0.2) is 0 Å². The van der Waals surface area contributed by atoms with E-state index in [4.69, 9.17) is 0 Å². The van der Waals surface area contributed by atoms with Crippen molar-refractivity contribution < 1.29 is 13.2 Å². The summed E-state index contributed by atoms with van der Waals surface area (Å²) in [7, 11) is -3.48. The Labute approximate surface area is 158 Å². The van der Waals surface area contributed by atoms with E-state index in [1.807, 2.05) is 19.9 Å². The molecule has 0 aromatic heterocycles. The lowest BCUT2D eigenvalue weighted by molar-refractivity contribution is -0.126. The topological polar surface area (TPSA) is 66.5 Å². The third kappa shape index (κ3) is 5.30. The summed E-state index contributed by atoms with van der Waals surface area (Å²) in [6, 6.07) is 5.26. The number of unbranched alkanes of at least 4 members (excludes halogenated alkanes) is 3. The first-order valence-electron chi connectivity index (χ1n) is 9.71. The molecule has 5 nitrogen and oxygen atoms in total. The largest absolute Gasteiger partial charge is 0.356 e. The van der Waals surface area contributed by atoms with Crippen LogP contribution in [0.4, 0.5) is 0 Å². The number of benzene rings is 1. The van der Waals surface area contributed by atoms with Crippen LogP contribution in [0.2, 0.25) is 0 Å². The van der Waals surface area contributed by atoms with Crippen LogP contribution in [0.3, 0.4) is 0 Å². The van der Waals surface area contributed by atoms with Crippen molar-refractivity contribution in [2.75, 3.05) is 19.6 Å². The Morgan fingerprint density at radius 1 is 1.12 bits per heavy atom. The van der Waals surface area contributed by atoms with Crippen molar-refractivity contribution in [3.05, 3.63) is 29.3 Å². The number of hydrogen-bond donors (Lipinski definition) is 1. The van der Waals surface area contributed by atoms with Gasteiger partial charge in [0, 0.05) is 25.6 Å². The Bertz CT molecular complexity index is 708. The number of carbonyl (C=O) groups excluding carboxylic acids is 1. The average Bonchev–Trinajstić information content (AvgIpc) is 2.63. The van der Waals surface area contributed by atoms with Gasteiger partial charge in [0.2, 0.25) is 15.9 Å². The Morgan fingerprint density at radius 2 is 1.81 bits per heavy atom. The molecule has 2 rings (SSSR count). The fourth-order valence-corrected chi connectivity index (χ4v) is 4.84. The molecule has 146 valence electrons. The van der Waals surface area contributed by atoms with Gasteiger partial charge in [-0.15, -0.1) is 0 Å². The molecular formula is C20H32N2O3S. The molecule has 0 unspecified atom stereocenters. The summed E-state index contributed by atoms with van der Waals surface area (Å²) in [5.41, 5.74) is 2.06. The summed E-state index contributed by atoms with van der Waals surface area (Å²) in [5, 5.41) is 3.00. The van der Waals surface area contributed by atoms with Gasteiger partial charge in [-0.2, -0.15) is 4.31 Å². The molecule has 1 saturated heterocycles. The number of aryl methyl sites for hydroxylation is 2. The lowest BCUT2D eigenvalue weighted by Gasteiger charge is -2.30. The highest BCUT2D eigenvalue weighted by Gasteiger charge is 2.32. The molecule has 1 aromatic rings. The predicted molar refractivity (Wildman–Crippen MR) is 105 cm³/mol. The first-order valence-corrected chi connectivity index (χ1v) is 11.2. The monoisotopic (exact) mass is 380 g/mol. The molecule has 1 N–H and O–H groups in total. The molecule has 0 radical (unpaired) electrons. The zero-order valence-electron chi connectivity index (χ0n) is 16.3. The maximum Gasteiger partial charge on any atom is 0.243 e. The van der Waals surface area contributed by atoms with Crippen molar-refractivity contribution in [3.8, 4) is 0 Å². The molecule has 0 atom stereocenters. The molecule has 1 fully saturated rings. The average molecular weight is 381 g/mol. The zero-order valence-corrected chi connectivity index (χ0v) is 17.1. The molecule has 1 aromatic carbocycles. The van der Waals surface area contributed by atoms with E-state index in [1.165, 1.54) is 17.1 Å². The summed E-state index contributed by atoms with van der Waals surface area (Å²) in [4.78, 5) is 12.6. The fourth-order valence-electron chi connectivity index (χ4n) is 3.29. The number of piperidine rings is 1. The van der Waals surface area contributed by atoms with Crippen LogP contribution in [0.5, 0.6) is 0 Å². The van der Waals surface area contributed by atoms with Crippen molar-refractivity contribution in [3.63, 3.8) is 0 Å². The third-order valence-corrected chi connectivity index (χ3v) is 7.17. The van der Waals surface area contributed by atoms with Crippen LogP contribution in [-0.2, 0) is 14.8 Å². The van der Waals surface area contributed by atoms with Crippen LogP contribution < -0.4 is 5.32 Å². The number of hydrogen-bond acceptors (Lipinski definition) is 3. The second-order valence-electron chi connectivity index (χ2n) is 7.28. The van der Waals surface area contributed by atoms with E-state index < -0.39 is 10.0 Å². The molecule has 0 bridgehead atoms. The number of nitrogens with one attached hydrogen (secondary N) is 1. The summed E-state index contributed by atoms with van der Waals surface area (Å²) in [6.45, 7) is 7.59. The minimum atomic E-state index is -3.48. The first kappa shape index (κ1) is 20.9. The van der Waals surface area contributed by atoms with E-state index in [0.29, 0.717) is 30.8 Å². The van der Waals surface area contributed by atoms with Crippen molar-refractivity contribution in [1.82, 2.24) is 9.62 Å². The number of carbonyl (C=O) groups is 1. The molecule has 1 aliphatic rings. The molecule has 1 heterocycles. The van der Waals surface area contributed by atoms with E-state index in [0.717, 1.165) is 30.5 Å². The maximum absolute atomic E-state index is 12.8. The van der Waals surface area contributed by atoms with Crippen LogP contribution in [0.15, 0.2) is 23.1 Å². The van der Waals surface area contributed by atoms with Gasteiger partial charge >= 0.3 is 0 Å². The minimum Gasteiger partial charge on any atom is -0.356 e. The first-order chi connectivity index (χ1) is 12.4. The zero-order chi connectivity index (χ0) is 19.2. The van der Waals surface area contributed by atoms with E-state index in [2.05, 4.69) is 12.2 Å². The fraction of sp³-hybridized carbons (Fsp3) is 0.650. The van der Waals surface area contributed by atoms with Crippen molar-refractivity contribution in [2.24, 2.45) is 5.92 Å². The van der Waals surface area contributed by atoms with Gasteiger partial charge in [-0.05, 0) is 56.4 Å². The van der Waals surface area contributed by atoms with E-state index in [9.17, 15) is 13.2 Å². The predicted octanol–water partition coefficient (Wildman–Crippen LogP) is 3.40. The molecule has 0 spiro atoms. The lowest BCUT2D eigenvalue weighted by Crippen LogP contribution is -2.43. The van der Waals surface area contributed by atoms with Crippen LogP contribution >= 0.6 is 0 Å². The number of nitrogens with zero attached hydrogens (tertiary/aromatic N) is 1. The second kappa shape index (κ2) is 9.51. The number of sulfonamides is 1. The summed E-state index contributed by atoms with van der Waals surface area (Å²) in [5.74, 6) is -0.00268. The summed E-state index contributed by atoms with van der Waals surface area (Å²) in [6.07, 6.45) is 5.71. The normalized spacial score (nSPS) is 16.6. The minimum absolute atomic E-state index is 0.0738. The van der Waals surface area contributed by atoms with Gasteiger partial charge in [-0.1, -0.05) is 32.3 Å². The Kier molecular flexibility index (Phi) is 7.65. The Morgan fingerprint density at radius 3 is 2.42 bits per heavy atom. The van der Waals surface area contributed by atoms with Gasteiger partial charge in [0.05, 0.1) is 4.90 Å². The van der Waals surface area contributed by atoms with Gasteiger partial charge in [-0.3, -0.25) is 4.79 Å². The molecule has 0 aliphatic carbocycles. The van der Waals surface area contributed by atoms with Crippen LogP contribution in [0, 0.1) is 19.8 Å². The van der Waals surface area contributed by atoms with E-state index in [-0.39, 0.29) is 11.8 Å². The third-order valence-electron chi connectivity index (χ3n) is 5.27. The molecular weight excluding hydrogens is 348 g/mol. The van der Waals surface area contributed by atoms with Crippen molar-refractivity contribution in [1.29, 1.82) is 0 Å². The molecule has 26 heavy (non-hydrogen) atoms. The van der Waals surface area contributed by atoms with Crippen molar-refractivity contribution >= 4 is 15.9 Å². The lowest BCUT2D eigenvalue weighted by atomic mass is 9.97. The Balaban J connectivity index is 1.87. The second-order valence-corrected chi connectivity index (χ2v) is 9.21. The van der Waals surface area contributed by atoms with Gasteiger partial charge in [-0.25, -0.2) is 8.42 Å². The van der Waals surface area contributed by atoms with Gasteiger partial charge in [0.25, 0.3) is 0 Å². The molecule has 6 heteroatoms. The quantitative estimate of drug-likeness (QED) is 0.703. The standard InChI is InChI=1S/C20H32N2O3S/c1-4-5-6-7-12-21-20(23)18-10-13-22(14-11-18)26(24,25)19-9-8-16(2)17(3)15-19/h8-9,15,18H,4-7,10-14H2,1-3H3,(H,21,23). The summed E-state index contributed by atoms with van der Waals surface area (Å²) >= 11 is 0. The highest BCUT2D eigenvalue weighted by atomic mass is 32.2. The highest BCUT2D eigenvalue weighted by Crippen LogP contribution is 2.25. The SMILES string of the molecule is CCCCCCNC(=O)C1CCN(S(=O)(=O)c2ccc(C)c(C)c2)CC1. The van der Waals surface area contributed by atoms with Gasteiger partial charge < -0.3 is 5.32 Å². The van der Waals surface area contributed by atoms with Crippen LogP contribution in [-0.4, -0.2) is 38.3 Å². The number of amides is 1. The smallest absolute Gasteiger partial charge is 0.243 e. The summed E-state index contributed by atoms with van der Waals surface area (Å²) < 4.78 is 27.2. The molecule has 1 aliphatic heterocycles. The highest BCUT2D eigenvalue weighted by molar-refractivity contribution is 7.89. The molecule has 1 amide bonds. The van der Waals surface area contributed by atoms with E-state index >= 15 is 0 Å². The van der Waals surface area contributed by atoms with Gasteiger partial charge in [0.1, 0.15) is 0 Å². The Hall–Kier alpha value is -1.40. The number of rotatable bonds is 8. The van der Waals surface area contributed by atoms with Crippen LogP contribution in [0.25, 0.3) is 0 Å². The van der Waals surface area contributed by atoms with E-state index in [1.54, 1.807) is 12.1 Å². The maximum atomic E-state index is 12.8. The van der Waals surface area contributed by atoms with Crippen molar-refractivity contribution in [2.45, 2.75) is 64.2 Å². The molecule has 0 saturated carbocycles. The van der Waals surface area contributed by atoms with Crippen LogP contribution in [0.1, 0.15) is 56.6 Å².